The van der Waals surface area contributed by atoms with E-state index in [1.807, 2.05) is 0 Å². The average Bonchev–Trinajstić information content (AvgIpc) is 2.19. The van der Waals surface area contributed by atoms with E-state index >= 15 is 0 Å². The molecule has 0 N–H and O–H groups in total. The minimum Gasteiger partial charge on any atom is -1.00 e. The topological polar surface area (TPSA) is 57.2 Å². The third-order valence-electron chi connectivity index (χ3n) is 2.75. The Hall–Kier alpha value is 2.20. The zero-order valence-electron chi connectivity index (χ0n) is 12.8. The van der Waals surface area contributed by atoms with Crippen molar-refractivity contribution in [2.75, 3.05) is 5.75 Å². The van der Waals surface area contributed by atoms with Crippen LogP contribution < -0.4 is 71.5 Å². The van der Waals surface area contributed by atoms with Gasteiger partial charge in [-0.05, 0) is 6.42 Å². The molecule has 0 radical (unpaired) electrons. The molecule has 0 rings (SSSR count). The van der Waals surface area contributed by atoms with Crippen LogP contribution in [0, 0.1) is 0 Å². The van der Waals surface area contributed by atoms with Crippen LogP contribution in [-0.2, 0) is 10.1 Å². The Morgan fingerprint density at radius 3 is 1.37 bits per heavy atom. The molecule has 0 aromatic carbocycles. The second-order valence-corrected chi connectivity index (χ2v) is 5.97. The standard InChI is InChI=1S/C12H26O3S.ClH.2Na/c1-2-3-4-5-6-7-8-9-10-11-12-16(13,14)15;;;/h2-12H2,1H3,(H,13,14,15);1H;;/q;;2*+1/p-2. The quantitative estimate of drug-likeness (QED) is 0.216. The minimum absolute atomic E-state index is 0. The summed E-state index contributed by atoms with van der Waals surface area (Å²) in [5.74, 6) is -0.191. The summed E-state index contributed by atoms with van der Waals surface area (Å²) in [6, 6.07) is 0. The molecule has 0 heterocycles. The number of halogens is 1. The second kappa shape index (κ2) is 20.2. The minimum atomic E-state index is -3.98. The van der Waals surface area contributed by atoms with Gasteiger partial charge in [-0.1, -0.05) is 64.7 Å². The van der Waals surface area contributed by atoms with Gasteiger partial charge in [-0.15, -0.1) is 0 Å². The normalized spacial score (nSPS) is 10.0. The molecule has 0 unspecified atom stereocenters. The molecule has 0 spiro atoms. The van der Waals surface area contributed by atoms with Crippen LogP contribution in [0.5, 0.6) is 0 Å². The molecule has 0 saturated carbocycles. The van der Waals surface area contributed by atoms with E-state index in [0.29, 0.717) is 6.42 Å². The summed E-state index contributed by atoms with van der Waals surface area (Å²) in [6.07, 6.45) is 11.4. The molecule has 3 nitrogen and oxygen atoms in total. The molecule has 0 aromatic heterocycles. The van der Waals surface area contributed by atoms with Gasteiger partial charge in [0.05, 0.1) is 10.1 Å². The maximum absolute atomic E-state index is 10.3. The molecule has 0 amide bonds. The second-order valence-electron chi connectivity index (χ2n) is 4.44. The van der Waals surface area contributed by atoms with Gasteiger partial charge in [0.25, 0.3) is 0 Å². The maximum atomic E-state index is 10.3. The molecule has 0 saturated heterocycles. The molecular weight excluding hydrogens is 306 g/mol. The van der Waals surface area contributed by atoms with E-state index in [0.717, 1.165) is 12.8 Å². The number of unbranched alkanes of at least 4 members (excludes halogenated alkanes) is 9. The molecule has 0 aromatic rings. The van der Waals surface area contributed by atoms with Crippen molar-refractivity contribution >= 4 is 10.1 Å². The molecule has 0 aliphatic carbocycles. The Balaban J connectivity index is -0.000000375. The Kier molecular flexibility index (Phi) is 31.1. The van der Waals surface area contributed by atoms with Gasteiger partial charge < -0.3 is 17.0 Å². The van der Waals surface area contributed by atoms with Gasteiger partial charge in [0.1, 0.15) is 0 Å². The van der Waals surface area contributed by atoms with Crippen LogP contribution in [0.4, 0.5) is 0 Å². The number of hydrogen-bond acceptors (Lipinski definition) is 3. The number of hydrogen-bond donors (Lipinski definition) is 0. The Morgan fingerprint density at radius 1 is 0.737 bits per heavy atom. The van der Waals surface area contributed by atoms with Crippen molar-refractivity contribution < 1.29 is 84.5 Å². The van der Waals surface area contributed by atoms with Crippen LogP contribution in [0.25, 0.3) is 0 Å². The largest absolute Gasteiger partial charge is 1.00 e. The molecular formula is C12H25ClNa2O3S. The smallest absolute Gasteiger partial charge is 1.00 e. The van der Waals surface area contributed by atoms with Gasteiger partial charge in [0.2, 0.25) is 0 Å². The first kappa shape index (κ1) is 29.2. The van der Waals surface area contributed by atoms with Crippen molar-refractivity contribution in [3.8, 4) is 0 Å². The van der Waals surface area contributed by atoms with Crippen molar-refractivity contribution in [2.24, 2.45) is 0 Å². The van der Waals surface area contributed by atoms with E-state index in [4.69, 9.17) is 0 Å². The summed E-state index contributed by atoms with van der Waals surface area (Å²) in [5.41, 5.74) is 0. The Bertz CT molecular complexity index is 249. The molecule has 0 bridgehead atoms. The van der Waals surface area contributed by atoms with Gasteiger partial charge in [0, 0.05) is 5.75 Å². The van der Waals surface area contributed by atoms with Crippen LogP contribution in [0.2, 0.25) is 0 Å². The van der Waals surface area contributed by atoms with E-state index in [1.165, 1.54) is 44.9 Å². The number of rotatable bonds is 11. The van der Waals surface area contributed by atoms with E-state index < -0.39 is 10.1 Å². The monoisotopic (exact) mass is 330 g/mol. The summed E-state index contributed by atoms with van der Waals surface area (Å²) >= 11 is 0. The summed E-state index contributed by atoms with van der Waals surface area (Å²) < 4.78 is 30.9. The van der Waals surface area contributed by atoms with Crippen molar-refractivity contribution in [1.82, 2.24) is 0 Å². The Morgan fingerprint density at radius 2 is 1.05 bits per heavy atom. The van der Waals surface area contributed by atoms with Crippen LogP contribution in [0.15, 0.2) is 0 Å². The van der Waals surface area contributed by atoms with Crippen molar-refractivity contribution in [3.63, 3.8) is 0 Å². The van der Waals surface area contributed by atoms with E-state index in [1.54, 1.807) is 0 Å². The van der Waals surface area contributed by atoms with E-state index in [2.05, 4.69) is 6.92 Å². The predicted molar refractivity (Wildman–Crippen MR) is 66.4 cm³/mol. The maximum Gasteiger partial charge on any atom is 1.00 e. The molecule has 0 aliphatic heterocycles. The molecule has 106 valence electrons. The third-order valence-corrected chi connectivity index (χ3v) is 3.54. The molecule has 0 atom stereocenters. The average molecular weight is 331 g/mol. The van der Waals surface area contributed by atoms with Crippen LogP contribution >= 0.6 is 0 Å². The fraction of sp³-hybridized carbons (Fsp3) is 1.00. The van der Waals surface area contributed by atoms with E-state index in [9.17, 15) is 13.0 Å². The van der Waals surface area contributed by atoms with Gasteiger partial charge in [-0.3, -0.25) is 0 Å². The summed E-state index contributed by atoms with van der Waals surface area (Å²) in [5, 5.41) is 0. The van der Waals surface area contributed by atoms with Crippen LogP contribution in [-0.4, -0.2) is 18.7 Å². The molecule has 0 aliphatic rings. The molecule has 7 heteroatoms. The first-order valence-corrected chi connectivity index (χ1v) is 8.07. The van der Waals surface area contributed by atoms with Crippen molar-refractivity contribution in [2.45, 2.75) is 71.1 Å². The fourth-order valence-electron chi connectivity index (χ4n) is 1.77. The predicted octanol–water partition coefficient (Wildman–Crippen LogP) is -5.54. The van der Waals surface area contributed by atoms with Gasteiger partial charge in [-0.25, -0.2) is 8.42 Å². The van der Waals surface area contributed by atoms with Crippen molar-refractivity contribution in [1.29, 1.82) is 0 Å². The first-order chi connectivity index (χ1) is 7.56. The SMILES string of the molecule is CCCCCCCCCCCCS(=O)(=O)[O-].[Cl-].[Na+].[Na+]. The zero-order chi connectivity index (χ0) is 12.3. The molecule has 19 heavy (non-hydrogen) atoms. The van der Waals surface area contributed by atoms with Crippen LogP contribution in [0.1, 0.15) is 71.1 Å². The fourth-order valence-corrected chi connectivity index (χ4v) is 2.32. The van der Waals surface area contributed by atoms with Gasteiger partial charge in [-0.2, -0.15) is 0 Å². The summed E-state index contributed by atoms with van der Waals surface area (Å²) in [7, 11) is -3.98. The van der Waals surface area contributed by atoms with Gasteiger partial charge in [0.15, 0.2) is 0 Å². The first-order valence-electron chi connectivity index (χ1n) is 6.50. The van der Waals surface area contributed by atoms with Crippen molar-refractivity contribution in [3.05, 3.63) is 0 Å². The van der Waals surface area contributed by atoms with E-state index in [-0.39, 0.29) is 77.3 Å². The summed E-state index contributed by atoms with van der Waals surface area (Å²) in [4.78, 5) is 0. The van der Waals surface area contributed by atoms with Crippen LogP contribution in [0.3, 0.4) is 0 Å². The third kappa shape index (κ3) is 29.0. The summed E-state index contributed by atoms with van der Waals surface area (Å²) in [6.45, 7) is 2.21. The Labute approximate surface area is 169 Å². The zero-order valence-corrected chi connectivity index (χ0v) is 18.4. The molecule has 0 fully saturated rings. The van der Waals surface area contributed by atoms with Gasteiger partial charge >= 0.3 is 59.1 Å².